The Morgan fingerprint density at radius 1 is 1.11 bits per heavy atom. The SMILES string of the molecule is CC(=O)OC1CCC(NC(=O)c2ccccc2)CC1. The van der Waals surface area contributed by atoms with Gasteiger partial charge in [0, 0.05) is 18.5 Å². The van der Waals surface area contributed by atoms with Crippen LogP contribution in [0.1, 0.15) is 43.0 Å². The normalized spacial score (nSPS) is 22.6. The Bertz CT molecular complexity index is 436. The number of ether oxygens (including phenoxy) is 1. The molecule has 1 amide bonds. The Hall–Kier alpha value is -1.84. The topological polar surface area (TPSA) is 55.4 Å². The van der Waals surface area contributed by atoms with Crippen LogP contribution >= 0.6 is 0 Å². The lowest BCUT2D eigenvalue weighted by molar-refractivity contribution is -0.147. The number of rotatable bonds is 3. The molecule has 1 aromatic rings. The average Bonchev–Trinajstić information content (AvgIpc) is 2.41. The minimum absolute atomic E-state index is 0.0161. The smallest absolute Gasteiger partial charge is 0.302 e. The van der Waals surface area contributed by atoms with Crippen molar-refractivity contribution in [1.29, 1.82) is 0 Å². The number of hydrogen-bond donors (Lipinski definition) is 1. The van der Waals surface area contributed by atoms with Crippen molar-refractivity contribution < 1.29 is 14.3 Å². The van der Waals surface area contributed by atoms with Crippen molar-refractivity contribution in [2.45, 2.75) is 44.8 Å². The van der Waals surface area contributed by atoms with Gasteiger partial charge in [-0.2, -0.15) is 0 Å². The molecule has 2 rings (SSSR count). The maximum Gasteiger partial charge on any atom is 0.302 e. The van der Waals surface area contributed by atoms with E-state index in [-0.39, 0.29) is 24.0 Å². The number of carbonyl (C=O) groups excluding carboxylic acids is 2. The van der Waals surface area contributed by atoms with Gasteiger partial charge < -0.3 is 10.1 Å². The summed E-state index contributed by atoms with van der Waals surface area (Å²) in [6.45, 7) is 1.43. The van der Waals surface area contributed by atoms with E-state index in [1.165, 1.54) is 6.92 Å². The summed E-state index contributed by atoms with van der Waals surface area (Å²) >= 11 is 0. The number of nitrogens with one attached hydrogen (secondary N) is 1. The van der Waals surface area contributed by atoms with E-state index in [0.717, 1.165) is 25.7 Å². The summed E-state index contributed by atoms with van der Waals surface area (Å²) in [4.78, 5) is 22.8. The second-order valence-electron chi connectivity index (χ2n) is 4.92. The molecule has 0 spiro atoms. The van der Waals surface area contributed by atoms with Crippen LogP contribution in [0.15, 0.2) is 30.3 Å². The quantitative estimate of drug-likeness (QED) is 0.849. The first-order valence-corrected chi connectivity index (χ1v) is 6.68. The van der Waals surface area contributed by atoms with Gasteiger partial charge in [-0.15, -0.1) is 0 Å². The minimum Gasteiger partial charge on any atom is -0.463 e. The Kier molecular flexibility index (Phi) is 4.55. The number of benzene rings is 1. The van der Waals surface area contributed by atoms with Crippen LogP contribution in [-0.2, 0) is 9.53 Å². The first-order chi connectivity index (χ1) is 9.15. The first kappa shape index (κ1) is 13.6. The molecule has 1 aliphatic carbocycles. The summed E-state index contributed by atoms with van der Waals surface area (Å²) in [7, 11) is 0. The van der Waals surface area contributed by atoms with Crippen molar-refractivity contribution in [3.05, 3.63) is 35.9 Å². The van der Waals surface area contributed by atoms with Crippen molar-refractivity contribution >= 4 is 11.9 Å². The fraction of sp³-hybridized carbons (Fsp3) is 0.467. The molecule has 0 unspecified atom stereocenters. The third-order valence-electron chi connectivity index (χ3n) is 3.38. The van der Waals surface area contributed by atoms with Crippen molar-refractivity contribution in [3.63, 3.8) is 0 Å². The monoisotopic (exact) mass is 261 g/mol. The van der Waals surface area contributed by atoms with Gasteiger partial charge in [0.25, 0.3) is 5.91 Å². The highest BCUT2D eigenvalue weighted by Gasteiger charge is 2.24. The molecule has 1 aromatic carbocycles. The molecule has 4 nitrogen and oxygen atoms in total. The van der Waals surface area contributed by atoms with Gasteiger partial charge in [-0.3, -0.25) is 9.59 Å². The molecule has 102 valence electrons. The fourth-order valence-corrected chi connectivity index (χ4v) is 2.42. The molecule has 1 N–H and O–H groups in total. The minimum atomic E-state index is -0.225. The third-order valence-corrected chi connectivity index (χ3v) is 3.38. The van der Waals surface area contributed by atoms with Gasteiger partial charge in [-0.05, 0) is 37.8 Å². The molecule has 0 bridgehead atoms. The molecule has 0 aliphatic heterocycles. The van der Waals surface area contributed by atoms with Gasteiger partial charge in [0.2, 0.25) is 0 Å². The van der Waals surface area contributed by atoms with Gasteiger partial charge >= 0.3 is 5.97 Å². The van der Waals surface area contributed by atoms with E-state index < -0.39 is 0 Å². The van der Waals surface area contributed by atoms with Crippen LogP contribution in [-0.4, -0.2) is 24.0 Å². The fourth-order valence-electron chi connectivity index (χ4n) is 2.42. The van der Waals surface area contributed by atoms with Crippen LogP contribution in [0.3, 0.4) is 0 Å². The van der Waals surface area contributed by atoms with Crippen molar-refractivity contribution in [3.8, 4) is 0 Å². The van der Waals surface area contributed by atoms with E-state index in [0.29, 0.717) is 5.56 Å². The van der Waals surface area contributed by atoms with E-state index in [1.807, 2.05) is 18.2 Å². The average molecular weight is 261 g/mol. The molecule has 0 atom stereocenters. The molecule has 1 aliphatic rings. The van der Waals surface area contributed by atoms with Crippen LogP contribution in [0.4, 0.5) is 0 Å². The van der Waals surface area contributed by atoms with Gasteiger partial charge in [0.15, 0.2) is 0 Å². The molecule has 0 saturated heterocycles. The Labute approximate surface area is 113 Å². The summed E-state index contributed by atoms with van der Waals surface area (Å²) < 4.78 is 5.18. The molecule has 1 fully saturated rings. The van der Waals surface area contributed by atoms with Crippen LogP contribution in [0.25, 0.3) is 0 Å². The second-order valence-corrected chi connectivity index (χ2v) is 4.92. The number of esters is 1. The predicted molar refractivity (Wildman–Crippen MR) is 71.7 cm³/mol. The highest BCUT2D eigenvalue weighted by atomic mass is 16.5. The predicted octanol–water partition coefficient (Wildman–Crippen LogP) is 2.29. The zero-order valence-electron chi connectivity index (χ0n) is 11.1. The van der Waals surface area contributed by atoms with Gasteiger partial charge in [-0.25, -0.2) is 0 Å². The molecule has 0 radical (unpaired) electrons. The Morgan fingerprint density at radius 2 is 1.74 bits per heavy atom. The zero-order chi connectivity index (χ0) is 13.7. The van der Waals surface area contributed by atoms with E-state index >= 15 is 0 Å². The summed E-state index contributed by atoms with van der Waals surface area (Å²) in [5.41, 5.74) is 0.685. The number of amides is 1. The maximum atomic E-state index is 12.0. The lowest BCUT2D eigenvalue weighted by Crippen LogP contribution is -2.39. The summed E-state index contributed by atoms with van der Waals surface area (Å²) in [5, 5.41) is 3.03. The second kappa shape index (κ2) is 6.36. The lowest BCUT2D eigenvalue weighted by atomic mass is 9.92. The van der Waals surface area contributed by atoms with E-state index in [9.17, 15) is 9.59 Å². The summed E-state index contributed by atoms with van der Waals surface area (Å²) in [6.07, 6.45) is 3.37. The molecule has 0 heterocycles. The van der Waals surface area contributed by atoms with Crippen molar-refractivity contribution in [2.75, 3.05) is 0 Å². The lowest BCUT2D eigenvalue weighted by Gasteiger charge is -2.28. The van der Waals surface area contributed by atoms with Gasteiger partial charge in [0.1, 0.15) is 6.10 Å². The van der Waals surface area contributed by atoms with Crippen LogP contribution < -0.4 is 5.32 Å². The standard InChI is InChI=1S/C15H19NO3/c1-11(17)19-14-9-7-13(8-10-14)16-15(18)12-5-3-2-4-6-12/h2-6,13-14H,7-10H2,1H3,(H,16,18). The molecule has 4 heteroatoms. The highest BCUT2D eigenvalue weighted by molar-refractivity contribution is 5.94. The molecule has 19 heavy (non-hydrogen) atoms. The molecule has 1 saturated carbocycles. The third kappa shape index (κ3) is 4.09. The molecular weight excluding hydrogens is 242 g/mol. The zero-order valence-corrected chi connectivity index (χ0v) is 11.1. The van der Waals surface area contributed by atoms with E-state index in [2.05, 4.69) is 5.32 Å². The molecule has 0 aromatic heterocycles. The van der Waals surface area contributed by atoms with Crippen molar-refractivity contribution in [2.24, 2.45) is 0 Å². The van der Waals surface area contributed by atoms with Crippen LogP contribution in [0, 0.1) is 0 Å². The first-order valence-electron chi connectivity index (χ1n) is 6.68. The summed E-state index contributed by atoms with van der Waals surface area (Å²) in [6, 6.07) is 9.39. The van der Waals surface area contributed by atoms with Crippen molar-refractivity contribution in [1.82, 2.24) is 5.32 Å². The number of hydrogen-bond acceptors (Lipinski definition) is 3. The molecular formula is C15H19NO3. The van der Waals surface area contributed by atoms with Crippen LogP contribution in [0.2, 0.25) is 0 Å². The number of carbonyl (C=O) groups is 2. The van der Waals surface area contributed by atoms with E-state index in [4.69, 9.17) is 4.74 Å². The van der Waals surface area contributed by atoms with Gasteiger partial charge in [-0.1, -0.05) is 18.2 Å². The Morgan fingerprint density at radius 3 is 2.32 bits per heavy atom. The maximum absolute atomic E-state index is 12.0. The van der Waals surface area contributed by atoms with E-state index in [1.54, 1.807) is 12.1 Å². The highest BCUT2D eigenvalue weighted by Crippen LogP contribution is 2.21. The largest absolute Gasteiger partial charge is 0.463 e. The van der Waals surface area contributed by atoms with Gasteiger partial charge in [0.05, 0.1) is 0 Å². The Balaban J connectivity index is 1.80. The van der Waals surface area contributed by atoms with Crippen LogP contribution in [0.5, 0.6) is 0 Å². The summed E-state index contributed by atoms with van der Waals surface area (Å²) in [5.74, 6) is -0.256.